The van der Waals surface area contributed by atoms with Gasteiger partial charge in [-0.2, -0.15) is 0 Å². The van der Waals surface area contributed by atoms with Crippen LogP contribution in [-0.2, 0) is 6.37 Å². The minimum Gasteiger partial charge on any atom is -0.256 e. The fourth-order valence-electron chi connectivity index (χ4n) is 3.20. The first-order chi connectivity index (χ1) is 14.7. The quantitative estimate of drug-likeness (QED) is 0.464. The van der Waals surface area contributed by atoms with Gasteiger partial charge in [0.25, 0.3) is 0 Å². The lowest BCUT2D eigenvalue weighted by molar-refractivity contribution is 0.649. The Morgan fingerprint density at radius 1 is 1.00 bits per heavy atom. The van der Waals surface area contributed by atoms with Crippen LogP contribution in [0.15, 0.2) is 60.8 Å². The number of benzene rings is 2. The molecule has 0 aliphatic carbocycles. The van der Waals surface area contributed by atoms with Gasteiger partial charge in [0.05, 0.1) is 13.8 Å². The molecule has 1 heterocycles. The van der Waals surface area contributed by atoms with Gasteiger partial charge in [0, 0.05) is 18.6 Å². The molecule has 0 bridgehead atoms. The third-order valence-corrected chi connectivity index (χ3v) is 6.57. The Kier molecular flexibility index (Phi) is 4.02. The highest BCUT2D eigenvalue weighted by Gasteiger charge is 2.22. The normalized spacial score (nSPS) is 15.6. The van der Waals surface area contributed by atoms with Crippen LogP contribution in [0.2, 0.25) is 19.6 Å². The molecule has 0 saturated carbocycles. The highest BCUT2D eigenvalue weighted by Crippen LogP contribution is 2.29. The number of aryl methyl sites for hydroxylation is 1. The Morgan fingerprint density at radius 3 is 2.37 bits per heavy atom. The molecule has 27 heavy (non-hydrogen) atoms. The van der Waals surface area contributed by atoms with E-state index in [0.29, 0.717) is 22.4 Å². The van der Waals surface area contributed by atoms with Gasteiger partial charge in [-0.05, 0) is 58.7 Å². The maximum atomic E-state index is 8.78. The van der Waals surface area contributed by atoms with Crippen molar-refractivity contribution in [3.05, 3.63) is 71.9 Å². The van der Waals surface area contributed by atoms with Crippen LogP contribution in [0.1, 0.15) is 31.8 Å². The smallest absolute Gasteiger partial charge is 0.0799 e. The molecule has 0 atom stereocenters. The summed E-state index contributed by atoms with van der Waals surface area (Å²) in [5.41, 5.74) is 3.90. The average Bonchev–Trinajstić information content (AvgIpc) is 2.72. The van der Waals surface area contributed by atoms with Gasteiger partial charge in [0.15, 0.2) is 0 Å². The van der Waals surface area contributed by atoms with E-state index in [2.05, 4.69) is 19.6 Å². The molecule has 0 amide bonds. The molecule has 3 aromatic rings. The van der Waals surface area contributed by atoms with Crippen molar-refractivity contribution in [3.8, 4) is 22.4 Å². The van der Waals surface area contributed by atoms with Gasteiger partial charge >= 0.3 is 0 Å². The predicted octanol–water partition coefficient (Wildman–Crippen LogP) is 6.47. The molecular formula is C25H31NSi. The molecule has 0 radical (unpaired) electrons. The number of nitrogens with zero attached hydrogens (tertiary/aromatic N) is 1. The van der Waals surface area contributed by atoms with Gasteiger partial charge in [-0.1, -0.05) is 76.0 Å². The molecular weight excluding hydrogens is 342 g/mol. The van der Waals surface area contributed by atoms with Gasteiger partial charge in [-0.3, -0.25) is 4.98 Å². The van der Waals surface area contributed by atoms with E-state index in [9.17, 15) is 0 Å². The van der Waals surface area contributed by atoms with Crippen molar-refractivity contribution in [2.75, 3.05) is 0 Å². The van der Waals surface area contributed by atoms with Crippen molar-refractivity contribution in [1.29, 1.82) is 0 Å². The highest BCUT2D eigenvalue weighted by atomic mass is 28.3. The van der Waals surface area contributed by atoms with Crippen LogP contribution in [0.4, 0.5) is 0 Å². The lowest BCUT2D eigenvalue weighted by atomic mass is 9.96. The molecule has 2 heteroatoms. The second-order valence-electron chi connectivity index (χ2n) is 8.29. The summed E-state index contributed by atoms with van der Waals surface area (Å²) < 4.78 is 41.5. The molecule has 0 fully saturated rings. The van der Waals surface area contributed by atoms with Gasteiger partial charge < -0.3 is 0 Å². The topological polar surface area (TPSA) is 12.9 Å². The van der Waals surface area contributed by atoms with Crippen molar-refractivity contribution >= 4 is 13.3 Å². The molecule has 1 aromatic heterocycles. The van der Waals surface area contributed by atoms with Gasteiger partial charge in [-0.15, -0.1) is 0 Å². The third kappa shape index (κ3) is 4.56. The number of aromatic nitrogens is 1. The van der Waals surface area contributed by atoms with Crippen molar-refractivity contribution in [1.82, 2.24) is 4.98 Å². The summed E-state index contributed by atoms with van der Waals surface area (Å²) in [4.78, 5) is 4.70. The van der Waals surface area contributed by atoms with E-state index in [0.717, 1.165) is 16.3 Å². The zero-order valence-corrected chi connectivity index (χ0v) is 17.8. The second-order valence-corrected chi connectivity index (χ2v) is 13.3. The molecule has 0 N–H and O–H groups in total. The monoisotopic (exact) mass is 378 g/mol. The van der Waals surface area contributed by atoms with E-state index >= 15 is 0 Å². The largest absolute Gasteiger partial charge is 0.256 e. The molecule has 0 aliphatic heterocycles. The Hall–Kier alpha value is -2.19. The number of hydrogen-bond acceptors (Lipinski definition) is 1. The zero-order chi connectivity index (χ0) is 23.9. The minimum absolute atomic E-state index is 0.189. The summed E-state index contributed by atoms with van der Waals surface area (Å²) in [6.45, 7) is 8.14. The van der Waals surface area contributed by atoms with Crippen LogP contribution in [0, 0.1) is 12.8 Å². The summed E-state index contributed by atoms with van der Waals surface area (Å²) in [6, 6.07) is 16.6. The third-order valence-electron chi connectivity index (χ3n) is 4.56. The van der Waals surface area contributed by atoms with Crippen molar-refractivity contribution in [2.45, 2.75) is 46.7 Å². The molecule has 140 valence electrons. The fraction of sp³-hybridized carbons (Fsp3) is 0.320. The van der Waals surface area contributed by atoms with Crippen LogP contribution in [0.3, 0.4) is 0 Å². The maximum absolute atomic E-state index is 8.78. The predicted molar refractivity (Wildman–Crippen MR) is 121 cm³/mol. The Balaban J connectivity index is 2.24. The molecule has 3 rings (SSSR count). The minimum atomic E-state index is -2.24. The van der Waals surface area contributed by atoms with Crippen molar-refractivity contribution < 1.29 is 6.85 Å². The first-order valence-electron chi connectivity index (χ1n) is 11.9. The molecule has 0 saturated heterocycles. The molecule has 2 aromatic carbocycles. The van der Waals surface area contributed by atoms with E-state index in [1.807, 2.05) is 62.5 Å². The SMILES string of the molecule is [2H]C([2H])([2H])c1ccc(-c2cc(C([2H])([2H])C(C)C)c([Si](C)(C)C)cn2)cc1-c1ccccc1. The lowest BCUT2D eigenvalue weighted by Gasteiger charge is -2.22. The Bertz CT molecular complexity index is 1100. The maximum Gasteiger partial charge on any atom is 0.0799 e. The van der Waals surface area contributed by atoms with E-state index in [1.54, 1.807) is 12.1 Å². The van der Waals surface area contributed by atoms with Crippen LogP contribution in [-0.4, -0.2) is 13.1 Å². The van der Waals surface area contributed by atoms with Crippen molar-refractivity contribution in [2.24, 2.45) is 5.92 Å². The summed E-state index contributed by atoms with van der Waals surface area (Å²) in [7, 11) is -1.83. The average molecular weight is 379 g/mol. The zero-order valence-electron chi connectivity index (χ0n) is 21.8. The van der Waals surface area contributed by atoms with Gasteiger partial charge in [0.1, 0.15) is 0 Å². The van der Waals surface area contributed by atoms with Crippen LogP contribution >= 0.6 is 0 Å². The number of hydrogen-bond donors (Lipinski definition) is 0. The molecule has 1 nitrogen and oxygen atoms in total. The fourth-order valence-corrected chi connectivity index (χ4v) is 4.61. The number of rotatable bonds is 5. The summed E-state index contributed by atoms with van der Waals surface area (Å²) in [5.74, 6) is -0.189. The number of pyridine rings is 1. The Labute approximate surface area is 172 Å². The van der Waals surface area contributed by atoms with E-state index < -0.39 is 21.3 Å². The summed E-state index contributed by atoms with van der Waals surface area (Å²) >= 11 is 0. The summed E-state index contributed by atoms with van der Waals surface area (Å²) in [6.07, 6.45) is 0.338. The first kappa shape index (κ1) is 13.9. The van der Waals surface area contributed by atoms with Crippen molar-refractivity contribution in [3.63, 3.8) is 0 Å². The standard InChI is InChI=1S/C25H31NSi/c1-18(2)14-22-16-24(26-17-25(22)27(4,5)6)21-13-12-19(3)23(15-21)20-10-8-7-9-11-20/h7-13,15-18H,14H2,1-6H3/i3D3,14D2. The van der Waals surface area contributed by atoms with Crippen LogP contribution < -0.4 is 5.19 Å². The Morgan fingerprint density at radius 2 is 1.74 bits per heavy atom. The lowest BCUT2D eigenvalue weighted by Crippen LogP contribution is -2.40. The van der Waals surface area contributed by atoms with Gasteiger partial charge in [-0.25, -0.2) is 0 Å². The van der Waals surface area contributed by atoms with E-state index in [-0.39, 0.29) is 5.92 Å². The van der Waals surface area contributed by atoms with Gasteiger partial charge in [0.2, 0.25) is 0 Å². The molecule has 0 aliphatic rings. The van der Waals surface area contributed by atoms with E-state index in [1.165, 1.54) is 0 Å². The van der Waals surface area contributed by atoms with Crippen LogP contribution in [0.25, 0.3) is 22.4 Å². The first-order valence-corrected chi connectivity index (χ1v) is 12.9. The molecule has 0 spiro atoms. The van der Waals surface area contributed by atoms with Crippen LogP contribution in [0.5, 0.6) is 0 Å². The highest BCUT2D eigenvalue weighted by molar-refractivity contribution is 6.89. The van der Waals surface area contributed by atoms with E-state index in [4.69, 9.17) is 11.8 Å². The summed E-state index contributed by atoms with van der Waals surface area (Å²) in [5, 5.41) is 1.02. The molecule has 0 unspecified atom stereocenters. The second kappa shape index (κ2) is 7.81.